The van der Waals surface area contributed by atoms with Crippen LogP contribution in [0.4, 0.5) is 8.78 Å². The van der Waals surface area contributed by atoms with Crippen LogP contribution in [0.3, 0.4) is 0 Å². The van der Waals surface area contributed by atoms with Crippen LogP contribution in [0.5, 0.6) is 5.75 Å². The van der Waals surface area contributed by atoms with Crippen molar-refractivity contribution in [2.45, 2.75) is 45.2 Å². The van der Waals surface area contributed by atoms with E-state index in [1.807, 2.05) is 6.92 Å². The summed E-state index contributed by atoms with van der Waals surface area (Å²) in [5, 5.41) is 29.6. The molecule has 0 spiro atoms. The van der Waals surface area contributed by atoms with Gasteiger partial charge in [0, 0.05) is 25.2 Å². The molecule has 1 amide bonds. The molecule has 1 aliphatic carbocycles. The van der Waals surface area contributed by atoms with E-state index in [1.54, 1.807) is 11.9 Å². The summed E-state index contributed by atoms with van der Waals surface area (Å²) in [5.74, 6) is -2.71. The highest BCUT2D eigenvalue weighted by molar-refractivity contribution is 8.26. The van der Waals surface area contributed by atoms with Gasteiger partial charge in [-0.2, -0.15) is 0 Å². The van der Waals surface area contributed by atoms with Crippen molar-refractivity contribution in [1.29, 1.82) is 10.8 Å². The molecule has 0 aliphatic heterocycles. The lowest BCUT2D eigenvalue weighted by atomic mass is 9.95. The van der Waals surface area contributed by atoms with Crippen molar-refractivity contribution in [1.82, 2.24) is 15.2 Å². The summed E-state index contributed by atoms with van der Waals surface area (Å²) < 4.78 is 26.9. The number of carbonyl (C=O) groups excluding carboxylic acids is 1. The topological polar surface area (TPSA) is 133 Å². The Morgan fingerprint density at radius 3 is 2.66 bits per heavy atom. The van der Waals surface area contributed by atoms with E-state index in [0.29, 0.717) is 24.4 Å². The Hall–Kier alpha value is -3.05. The molecule has 8 nitrogen and oxygen atoms in total. The van der Waals surface area contributed by atoms with Crippen molar-refractivity contribution >= 4 is 27.8 Å². The molecule has 1 heterocycles. The van der Waals surface area contributed by atoms with E-state index in [1.165, 1.54) is 6.07 Å². The molecule has 1 fully saturated rings. The van der Waals surface area contributed by atoms with E-state index < -0.39 is 34.4 Å². The van der Waals surface area contributed by atoms with Gasteiger partial charge in [-0.3, -0.25) is 25.7 Å². The van der Waals surface area contributed by atoms with Crippen LogP contribution in [-0.4, -0.2) is 50.2 Å². The number of hydrogen-bond donors (Lipinski definition) is 5. The van der Waals surface area contributed by atoms with Crippen LogP contribution in [0.2, 0.25) is 0 Å². The molecule has 1 saturated carbocycles. The highest BCUT2D eigenvalue weighted by Crippen LogP contribution is 2.38. The van der Waals surface area contributed by atoms with Gasteiger partial charge in [-0.15, -0.1) is 0 Å². The number of benzene rings is 1. The second kappa shape index (κ2) is 10.7. The monoisotopic (exact) mass is 505 g/mol. The van der Waals surface area contributed by atoms with Crippen LogP contribution >= 0.6 is 11.8 Å². The molecule has 0 radical (unpaired) electrons. The summed E-state index contributed by atoms with van der Waals surface area (Å²) in [6.45, 7) is 4.24. The Kier molecular flexibility index (Phi) is 8.11. The minimum Gasteiger partial charge on any atom is -0.503 e. The third kappa shape index (κ3) is 5.15. The standard InChI is InChI=1S/C24H29F2N5O3S/c1-4-31(24(29-3)9-5-6-13(24)2)23(34)19-21(33)20(32)16(12-30-19)22(28)35-18(27)10-14-7-8-15(25)11-17(14)26/h7-8,11-13,27-29,33H,4-6,9-10H2,1-3H3,(H,30,32)/t13-,24?/m0/s1. The number of thioether (sulfide) groups is 1. The van der Waals surface area contributed by atoms with E-state index in [-0.39, 0.29) is 39.2 Å². The van der Waals surface area contributed by atoms with Gasteiger partial charge in [0.05, 0.1) is 16.3 Å². The molecular weight excluding hydrogens is 476 g/mol. The van der Waals surface area contributed by atoms with Crippen molar-refractivity contribution in [3.63, 3.8) is 0 Å². The van der Waals surface area contributed by atoms with Gasteiger partial charge in [0.2, 0.25) is 5.43 Å². The van der Waals surface area contributed by atoms with Gasteiger partial charge >= 0.3 is 0 Å². The number of nitrogens with zero attached hydrogens (tertiary/aromatic N) is 1. The zero-order chi connectivity index (χ0) is 25.9. The van der Waals surface area contributed by atoms with Crippen LogP contribution in [0, 0.1) is 28.4 Å². The highest BCUT2D eigenvalue weighted by atomic mass is 32.2. The number of nitrogens with one attached hydrogen (secondary N) is 4. The Labute approximate surface area is 206 Å². The average Bonchev–Trinajstić information content (AvgIpc) is 3.18. The maximum atomic E-state index is 13.9. The fourth-order valence-electron chi connectivity index (χ4n) is 4.72. The Morgan fingerprint density at radius 1 is 1.37 bits per heavy atom. The molecule has 0 saturated heterocycles. The van der Waals surface area contributed by atoms with E-state index in [0.717, 1.165) is 31.5 Å². The first kappa shape index (κ1) is 26.6. The zero-order valence-electron chi connectivity index (χ0n) is 19.8. The average molecular weight is 506 g/mol. The fraction of sp³-hybridized carbons (Fsp3) is 0.417. The molecule has 188 valence electrons. The van der Waals surface area contributed by atoms with Gasteiger partial charge in [-0.05, 0) is 50.8 Å². The third-order valence-corrected chi connectivity index (χ3v) is 7.41. The molecule has 5 N–H and O–H groups in total. The molecule has 1 aliphatic rings. The quantitative estimate of drug-likeness (QED) is 0.222. The first-order valence-corrected chi connectivity index (χ1v) is 12.1. The lowest BCUT2D eigenvalue weighted by molar-refractivity contribution is 0.0256. The van der Waals surface area contributed by atoms with Crippen molar-refractivity contribution in [2.24, 2.45) is 5.92 Å². The number of aromatic amines is 1. The summed E-state index contributed by atoms with van der Waals surface area (Å²) in [6.07, 6.45) is 3.58. The number of hydrogen-bond acceptors (Lipinski definition) is 7. The molecule has 1 aromatic carbocycles. The molecule has 2 aromatic rings. The van der Waals surface area contributed by atoms with Gasteiger partial charge in [-0.1, -0.05) is 24.8 Å². The van der Waals surface area contributed by atoms with E-state index >= 15 is 0 Å². The number of pyridine rings is 1. The summed E-state index contributed by atoms with van der Waals surface area (Å²) in [6, 6.07) is 3.00. The maximum Gasteiger partial charge on any atom is 0.275 e. The summed E-state index contributed by atoms with van der Waals surface area (Å²) in [5.41, 5.74) is -1.93. The minimum atomic E-state index is -0.917. The Bertz CT molecular complexity index is 1220. The second-order valence-electron chi connectivity index (χ2n) is 8.54. The molecular formula is C24H29F2N5O3S. The number of carbonyl (C=O) groups is 1. The second-order valence-corrected chi connectivity index (χ2v) is 9.64. The first-order valence-electron chi connectivity index (χ1n) is 11.3. The van der Waals surface area contributed by atoms with E-state index in [2.05, 4.69) is 17.2 Å². The molecule has 1 aromatic heterocycles. The predicted octanol–water partition coefficient (Wildman–Crippen LogP) is 3.84. The minimum absolute atomic E-state index is 0.0775. The zero-order valence-corrected chi connectivity index (χ0v) is 20.6. The van der Waals surface area contributed by atoms with Crippen LogP contribution in [0.15, 0.2) is 29.2 Å². The summed E-state index contributed by atoms with van der Waals surface area (Å²) >= 11 is 0.602. The van der Waals surface area contributed by atoms with Crippen LogP contribution in [-0.2, 0) is 6.42 Å². The van der Waals surface area contributed by atoms with Gasteiger partial charge in [-0.25, -0.2) is 8.78 Å². The van der Waals surface area contributed by atoms with Crippen molar-refractivity contribution < 1.29 is 18.7 Å². The highest BCUT2D eigenvalue weighted by Gasteiger charge is 2.46. The third-order valence-electron chi connectivity index (χ3n) is 6.59. The number of rotatable bonds is 7. The van der Waals surface area contributed by atoms with E-state index in [4.69, 9.17) is 10.8 Å². The lowest BCUT2D eigenvalue weighted by Crippen LogP contribution is -2.61. The fourth-order valence-corrected chi connectivity index (χ4v) is 5.45. The largest absolute Gasteiger partial charge is 0.503 e. The smallest absolute Gasteiger partial charge is 0.275 e. The molecule has 0 bridgehead atoms. The normalized spacial score (nSPS) is 19.5. The Morgan fingerprint density at radius 2 is 2.09 bits per heavy atom. The maximum absolute atomic E-state index is 13.9. The van der Waals surface area contributed by atoms with Gasteiger partial charge in [0.25, 0.3) is 5.91 Å². The number of H-pyrrole nitrogens is 1. The van der Waals surface area contributed by atoms with Crippen molar-refractivity contribution in [2.75, 3.05) is 13.6 Å². The number of halogens is 2. The SMILES string of the molecule is CCN(C(=O)c1[nH]cc(C(=N)SC(=N)Cc2ccc(F)cc2F)c(=O)c1O)C1(NC)CCC[C@@H]1C. The Balaban J connectivity index is 1.81. The van der Waals surface area contributed by atoms with Gasteiger partial charge < -0.3 is 15.0 Å². The molecule has 1 unspecified atom stereocenters. The van der Waals surface area contributed by atoms with E-state index in [9.17, 15) is 23.5 Å². The predicted molar refractivity (Wildman–Crippen MR) is 132 cm³/mol. The number of amides is 1. The van der Waals surface area contributed by atoms with Crippen LogP contribution < -0.4 is 10.7 Å². The van der Waals surface area contributed by atoms with Gasteiger partial charge in [0.1, 0.15) is 16.7 Å². The van der Waals surface area contributed by atoms with Gasteiger partial charge in [0.15, 0.2) is 11.4 Å². The molecule has 11 heteroatoms. The van der Waals surface area contributed by atoms with Crippen molar-refractivity contribution in [3.05, 3.63) is 63.1 Å². The van der Waals surface area contributed by atoms with Crippen molar-refractivity contribution in [3.8, 4) is 5.75 Å². The molecule has 35 heavy (non-hydrogen) atoms. The summed E-state index contributed by atoms with van der Waals surface area (Å²) in [7, 11) is 1.79. The van der Waals surface area contributed by atoms with Crippen LogP contribution in [0.1, 0.15) is 54.7 Å². The molecule has 2 atom stereocenters. The summed E-state index contributed by atoms with van der Waals surface area (Å²) in [4.78, 5) is 30.5. The first-order chi connectivity index (χ1) is 16.5. The molecule has 3 rings (SSSR count). The number of aromatic hydroxyl groups is 1. The number of aromatic nitrogens is 1. The lowest BCUT2D eigenvalue weighted by Gasteiger charge is -2.44. The van der Waals surface area contributed by atoms with Crippen LogP contribution in [0.25, 0.3) is 0 Å².